The number of aliphatic carboxylic acids is 1. The van der Waals surface area contributed by atoms with Crippen LogP contribution in [0, 0.1) is 0 Å². The molecular formula is C7H13NO2. The normalized spacial score (nSPS) is 28.0. The van der Waals surface area contributed by atoms with Crippen LogP contribution < -0.4 is 0 Å². The zero-order chi connectivity index (χ0) is 7.78. The van der Waals surface area contributed by atoms with Crippen molar-refractivity contribution in [1.29, 1.82) is 0 Å². The van der Waals surface area contributed by atoms with Gasteiger partial charge < -0.3 is 5.11 Å². The smallest absolute Gasteiger partial charge is 0.304 e. The third-order valence-electron chi connectivity index (χ3n) is 1.93. The lowest BCUT2D eigenvalue weighted by molar-refractivity contribution is -0.137. The molecule has 1 N–H and O–H groups in total. The summed E-state index contributed by atoms with van der Waals surface area (Å²) in [5, 5.41) is 8.33. The maximum absolute atomic E-state index is 10.1. The molecule has 0 aromatic rings. The molecule has 0 bridgehead atoms. The molecule has 1 aliphatic rings. The number of rotatable bonds is 3. The van der Waals surface area contributed by atoms with Crippen LogP contribution in [0.5, 0.6) is 0 Å². The highest BCUT2D eigenvalue weighted by atomic mass is 16.4. The summed E-state index contributed by atoms with van der Waals surface area (Å²) in [4.78, 5) is 12.3. The molecule has 0 spiro atoms. The van der Waals surface area contributed by atoms with Crippen LogP contribution in [0.3, 0.4) is 0 Å². The largest absolute Gasteiger partial charge is 0.481 e. The molecular weight excluding hydrogens is 130 g/mol. The summed E-state index contributed by atoms with van der Waals surface area (Å²) < 4.78 is 0. The Morgan fingerprint density at radius 1 is 1.70 bits per heavy atom. The number of nitrogens with zero attached hydrogens (tertiary/aromatic N) is 1. The summed E-state index contributed by atoms with van der Waals surface area (Å²) in [5.74, 6) is -0.706. The number of carbonyl (C=O) groups is 1. The molecule has 1 atom stereocenters. The second-order valence-corrected chi connectivity index (χ2v) is 3.38. The van der Waals surface area contributed by atoms with Crippen LogP contribution in [-0.4, -0.2) is 34.6 Å². The molecule has 0 saturated carbocycles. The van der Waals surface area contributed by atoms with Crippen molar-refractivity contribution in [2.75, 3.05) is 13.1 Å². The molecule has 3 heteroatoms. The van der Waals surface area contributed by atoms with E-state index < -0.39 is 5.97 Å². The summed E-state index contributed by atoms with van der Waals surface area (Å²) in [7, 11) is 0. The second-order valence-electron chi connectivity index (χ2n) is 3.38. The van der Waals surface area contributed by atoms with E-state index in [1.807, 2.05) is 0 Å². The first kappa shape index (κ1) is 7.54. The van der Waals surface area contributed by atoms with Gasteiger partial charge >= 0.3 is 5.97 Å². The van der Waals surface area contributed by atoms with Gasteiger partial charge in [-0.1, -0.05) is 0 Å². The summed E-state index contributed by atoms with van der Waals surface area (Å²) in [6, 6.07) is 0. The van der Waals surface area contributed by atoms with Gasteiger partial charge in [-0.05, 0) is 13.8 Å². The molecule has 0 aliphatic carbocycles. The van der Waals surface area contributed by atoms with E-state index in [1.165, 1.54) is 0 Å². The van der Waals surface area contributed by atoms with Gasteiger partial charge in [0.1, 0.15) is 0 Å². The minimum atomic E-state index is -0.706. The van der Waals surface area contributed by atoms with Crippen molar-refractivity contribution in [3.8, 4) is 0 Å². The monoisotopic (exact) mass is 143 g/mol. The van der Waals surface area contributed by atoms with Crippen LogP contribution in [0.1, 0.15) is 20.3 Å². The van der Waals surface area contributed by atoms with Crippen LogP contribution in [0.4, 0.5) is 0 Å². The maximum atomic E-state index is 10.1. The molecule has 0 aromatic carbocycles. The average molecular weight is 143 g/mol. The minimum absolute atomic E-state index is 0.267. The Kier molecular flexibility index (Phi) is 1.68. The fourth-order valence-corrected chi connectivity index (χ4v) is 1.04. The molecule has 0 amide bonds. The predicted octanol–water partition coefficient (Wildman–Crippen LogP) is 0.555. The Morgan fingerprint density at radius 2 is 2.20 bits per heavy atom. The zero-order valence-corrected chi connectivity index (χ0v) is 6.42. The van der Waals surface area contributed by atoms with E-state index in [2.05, 4.69) is 18.7 Å². The molecule has 10 heavy (non-hydrogen) atoms. The van der Waals surface area contributed by atoms with Crippen LogP contribution in [-0.2, 0) is 4.79 Å². The highest BCUT2D eigenvalue weighted by Crippen LogP contribution is 2.30. The fourth-order valence-electron chi connectivity index (χ4n) is 1.04. The Labute approximate surface area is 60.6 Å². The van der Waals surface area contributed by atoms with E-state index in [9.17, 15) is 4.79 Å². The van der Waals surface area contributed by atoms with Crippen LogP contribution in [0.15, 0.2) is 0 Å². The number of carboxylic acids is 1. The maximum Gasteiger partial charge on any atom is 0.304 e. The van der Waals surface area contributed by atoms with E-state index >= 15 is 0 Å². The first-order valence-electron chi connectivity index (χ1n) is 3.49. The van der Waals surface area contributed by atoms with Crippen molar-refractivity contribution in [1.82, 2.24) is 4.90 Å². The SMILES string of the molecule is CC1(C)CN1CCC(=O)O. The minimum Gasteiger partial charge on any atom is -0.481 e. The van der Waals surface area contributed by atoms with Gasteiger partial charge in [-0.15, -0.1) is 0 Å². The Morgan fingerprint density at radius 3 is 2.50 bits per heavy atom. The quantitative estimate of drug-likeness (QED) is 0.587. The van der Waals surface area contributed by atoms with Gasteiger partial charge in [-0.3, -0.25) is 9.69 Å². The van der Waals surface area contributed by atoms with Gasteiger partial charge in [0.05, 0.1) is 6.42 Å². The Balaban J connectivity index is 2.13. The van der Waals surface area contributed by atoms with E-state index in [0.717, 1.165) is 6.54 Å². The zero-order valence-electron chi connectivity index (χ0n) is 6.42. The second kappa shape index (κ2) is 2.23. The molecule has 1 fully saturated rings. The number of carboxylic acid groups (broad SMARTS) is 1. The van der Waals surface area contributed by atoms with Crippen molar-refractivity contribution in [2.45, 2.75) is 25.8 Å². The van der Waals surface area contributed by atoms with Crippen molar-refractivity contribution >= 4 is 5.97 Å². The first-order chi connectivity index (χ1) is 4.52. The molecule has 0 radical (unpaired) electrons. The van der Waals surface area contributed by atoms with Crippen molar-refractivity contribution in [3.05, 3.63) is 0 Å². The molecule has 1 unspecified atom stereocenters. The first-order valence-corrected chi connectivity index (χ1v) is 3.49. The molecule has 0 aromatic heterocycles. The Hall–Kier alpha value is -0.570. The highest BCUT2D eigenvalue weighted by Gasteiger charge is 2.42. The van der Waals surface area contributed by atoms with Gasteiger partial charge in [0.2, 0.25) is 0 Å². The average Bonchev–Trinajstić information content (AvgIpc) is 2.35. The summed E-state index contributed by atoms with van der Waals surface area (Å²) in [6.07, 6.45) is 0.267. The lowest BCUT2D eigenvalue weighted by atomic mass is 10.2. The Bertz CT molecular complexity index is 154. The van der Waals surface area contributed by atoms with E-state index in [-0.39, 0.29) is 12.0 Å². The van der Waals surface area contributed by atoms with Gasteiger partial charge in [0, 0.05) is 18.6 Å². The fraction of sp³-hybridized carbons (Fsp3) is 0.857. The van der Waals surface area contributed by atoms with Gasteiger partial charge in [0.15, 0.2) is 0 Å². The topological polar surface area (TPSA) is 40.3 Å². The third-order valence-corrected chi connectivity index (χ3v) is 1.93. The molecule has 1 aliphatic heterocycles. The summed E-state index contributed by atoms with van der Waals surface area (Å²) in [6.45, 7) is 5.98. The number of hydrogen-bond acceptors (Lipinski definition) is 2. The highest BCUT2D eigenvalue weighted by molar-refractivity contribution is 5.66. The lowest BCUT2D eigenvalue weighted by Gasteiger charge is -2.02. The van der Waals surface area contributed by atoms with Gasteiger partial charge in [-0.2, -0.15) is 0 Å². The molecule has 1 heterocycles. The van der Waals surface area contributed by atoms with Crippen LogP contribution in [0.2, 0.25) is 0 Å². The predicted molar refractivity (Wildman–Crippen MR) is 37.9 cm³/mol. The van der Waals surface area contributed by atoms with Gasteiger partial charge in [-0.25, -0.2) is 0 Å². The van der Waals surface area contributed by atoms with Crippen molar-refractivity contribution in [3.63, 3.8) is 0 Å². The van der Waals surface area contributed by atoms with E-state index in [4.69, 9.17) is 5.11 Å². The van der Waals surface area contributed by atoms with Gasteiger partial charge in [0.25, 0.3) is 0 Å². The number of hydrogen-bond donors (Lipinski definition) is 1. The van der Waals surface area contributed by atoms with E-state index in [0.29, 0.717) is 6.54 Å². The molecule has 1 rings (SSSR count). The standard InChI is InChI=1S/C7H13NO2/c1-7(2)5-8(7)4-3-6(9)10/h3-5H2,1-2H3,(H,9,10). The van der Waals surface area contributed by atoms with Crippen molar-refractivity contribution in [2.24, 2.45) is 0 Å². The molecule has 1 saturated heterocycles. The summed E-state index contributed by atoms with van der Waals surface area (Å²) in [5.41, 5.74) is 0.273. The molecule has 58 valence electrons. The van der Waals surface area contributed by atoms with Crippen LogP contribution >= 0.6 is 0 Å². The molecule has 3 nitrogen and oxygen atoms in total. The third kappa shape index (κ3) is 1.70. The summed E-state index contributed by atoms with van der Waals surface area (Å²) >= 11 is 0. The van der Waals surface area contributed by atoms with E-state index in [1.54, 1.807) is 0 Å². The van der Waals surface area contributed by atoms with Crippen LogP contribution in [0.25, 0.3) is 0 Å². The van der Waals surface area contributed by atoms with Crippen molar-refractivity contribution < 1.29 is 9.90 Å². The lowest BCUT2D eigenvalue weighted by Crippen LogP contribution is -2.13.